The number of halogens is 1. The molecule has 0 bridgehead atoms. The van der Waals surface area contributed by atoms with E-state index >= 15 is 0 Å². The highest BCUT2D eigenvalue weighted by atomic mass is 79.9. The van der Waals surface area contributed by atoms with Gasteiger partial charge >= 0.3 is 0 Å². The van der Waals surface area contributed by atoms with Crippen molar-refractivity contribution in [3.63, 3.8) is 0 Å². The number of hydrogen-bond donors (Lipinski definition) is 0. The van der Waals surface area contributed by atoms with Crippen LogP contribution >= 0.6 is 15.9 Å². The number of benzene rings is 4. The molecule has 0 aliphatic carbocycles. The Morgan fingerprint density at radius 3 is 1.26 bits per heavy atom. The molecule has 1 heteroatoms. The van der Waals surface area contributed by atoms with Crippen molar-refractivity contribution in [3.05, 3.63) is 167 Å². The molecule has 0 N–H and O–H groups in total. The zero-order valence-electron chi connectivity index (χ0n) is 19.8. The van der Waals surface area contributed by atoms with Crippen LogP contribution in [0.5, 0.6) is 0 Å². The van der Waals surface area contributed by atoms with Crippen molar-refractivity contribution in [2.45, 2.75) is 12.8 Å². The molecule has 0 atom stereocenters. The minimum Gasteiger partial charge on any atom is -0.103 e. The summed E-state index contributed by atoms with van der Waals surface area (Å²) in [6, 6.07) is 42.7. The highest BCUT2D eigenvalue weighted by Crippen LogP contribution is 2.45. The SMILES string of the molecule is C=CC/C(=C(\C(=C(/CC(=C)Br)c1ccccc1)c1ccccc1)c1ccccc1)c1ccccc1. The molecule has 0 heterocycles. The van der Waals surface area contributed by atoms with E-state index in [-0.39, 0.29) is 0 Å². The van der Waals surface area contributed by atoms with Crippen LogP contribution in [0.15, 0.2) is 145 Å². The van der Waals surface area contributed by atoms with Crippen molar-refractivity contribution in [2.75, 3.05) is 0 Å². The Kier molecular flexibility index (Phi) is 8.48. The van der Waals surface area contributed by atoms with Crippen LogP contribution in [0.3, 0.4) is 0 Å². The molecule has 35 heavy (non-hydrogen) atoms. The predicted molar refractivity (Wildman–Crippen MR) is 157 cm³/mol. The Balaban J connectivity index is 2.20. The third-order valence-electron chi connectivity index (χ3n) is 5.94. The van der Waals surface area contributed by atoms with Crippen LogP contribution in [-0.2, 0) is 0 Å². The second kappa shape index (κ2) is 12.1. The van der Waals surface area contributed by atoms with E-state index in [0.29, 0.717) is 6.42 Å². The van der Waals surface area contributed by atoms with Crippen molar-refractivity contribution in [3.8, 4) is 0 Å². The third-order valence-corrected chi connectivity index (χ3v) is 6.22. The Bertz CT molecular complexity index is 1330. The normalized spacial score (nSPS) is 12.4. The second-order valence-electron chi connectivity index (χ2n) is 8.36. The van der Waals surface area contributed by atoms with E-state index in [1.807, 2.05) is 6.08 Å². The van der Waals surface area contributed by atoms with Crippen molar-refractivity contribution < 1.29 is 0 Å². The Morgan fingerprint density at radius 1 is 0.543 bits per heavy atom. The molecule has 0 aliphatic heterocycles. The largest absolute Gasteiger partial charge is 0.103 e. The standard InChI is InChI=1S/C34H29Br/c1-3-16-31(27-17-8-4-9-18-27)33(29-21-12-6-13-22-29)34(30-23-14-7-15-24-30)32(25-26(2)35)28-19-10-5-11-20-28/h3-15,17-24H,1-2,16,25H2/b33-31+,34-32+. The van der Waals surface area contributed by atoms with Crippen LogP contribution in [0.4, 0.5) is 0 Å². The van der Waals surface area contributed by atoms with Crippen molar-refractivity contribution in [1.29, 1.82) is 0 Å². The van der Waals surface area contributed by atoms with E-state index in [1.54, 1.807) is 0 Å². The summed E-state index contributed by atoms with van der Waals surface area (Å²) >= 11 is 3.67. The van der Waals surface area contributed by atoms with Crippen molar-refractivity contribution >= 4 is 38.2 Å². The molecule has 0 fully saturated rings. The first kappa shape index (κ1) is 24.4. The van der Waals surface area contributed by atoms with Gasteiger partial charge in [0, 0.05) is 6.42 Å². The quantitative estimate of drug-likeness (QED) is 0.118. The van der Waals surface area contributed by atoms with E-state index in [2.05, 4.69) is 150 Å². The summed E-state index contributed by atoms with van der Waals surface area (Å²) in [7, 11) is 0. The van der Waals surface area contributed by atoms with Crippen LogP contribution in [0, 0.1) is 0 Å². The minimum absolute atomic E-state index is 0.709. The van der Waals surface area contributed by atoms with Gasteiger partial charge in [0.15, 0.2) is 0 Å². The Morgan fingerprint density at radius 2 is 0.886 bits per heavy atom. The van der Waals surface area contributed by atoms with E-state index in [1.165, 1.54) is 44.5 Å². The molecule has 4 rings (SSSR count). The van der Waals surface area contributed by atoms with Crippen LogP contribution in [0.2, 0.25) is 0 Å². The molecular weight excluding hydrogens is 488 g/mol. The average Bonchev–Trinajstić information content (AvgIpc) is 2.91. The summed E-state index contributed by atoms with van der Waals surface area (Å²) in [5, 5.41) is 0. The summed E-state index contributed by atoms with van der Waals surface area (Å²) < 4.78 is 0.946. The molecule has 0 nitrogen and oxygen atoms in total. The molecule has 0 unspecified atom stereocenters. The molecule has 0 aromatic heterocycles. The molecule has 0 saturated heterocycles. The van der Waals surface area contributed by atoms with Gasteiger partial charge in [-0.1, -0.05) is 150 Å². The highest BCUT2D eigenvalue weighted by Gasteiger charge is 2.21. The topological polar surface area (TPSA) is 0 Å². The van der Waals surface area contributed by atoms with E-state index in [4.69, 9.17) is 0 Å². The van der Waals surface area contributed by atoms with Gasteiger partial charge in [-0.15, -0.1) is 6.58 Å². The maximum absolute atomic E-state index is 4.22. The van der Waals surface area contributed by atoms with Crippen LogP contribution < -0.4 is 0 Å². The highest BCUT2D eigenvalue weighted by molar-refractivity contribution is 9.11. The Hall–Kier alpha value is -3.68. The fourth-order valence-corrected chi connectivity index (χ4v) is 4.74. The lowest BCUT2D eigenvalue weighted by molar-refractivity contribution is 1.37. The lowest BCUT2D eigenvalue weighted by Gasteiger charge is -2.24. The van der Waals surface area contributed by atoms with Gasteiger partial charge in [-0.05, 0) is 55.4 Å². The summed E-state index contributed by atoms with van der Waals surface area (Å²) in [6.45, 7) is 8.33. The molecule has 4 aromatic carbocycles. The van der Waals surface area contributed by atoms with Gasteiger partial charge in [-0.25, -0.2) is 0 Å². The van der Waals surface area contributed by atoms with Gasteiger partial charge in [0.2, 0.25) is 0 Å². The summed E-state index contributed by atoms with van der Waals surface area (Å²) in [6.07, 6.45) is 3.46. The maximum atomic E-state index is 4.22. The molecular formula is C34H29Br. The number of allylic oxidation sites excluding steroid dienone is 6. The molecule has 0 radical (unpaired) electrons. The summed E-state index contributed by atoms with van der Waals surface area (Å²) in [5.74, 6) is 0. The monoisotopic (exact) mass is 516 g/mol. The fourth-order valence-electron chi connectivity index (χ4n) is 4.46. The van der Waals surface area contributed by atoms with Gasteiger partial charge in [-0.2, -0.15) is 0 Å². The van der Waals surface area contributed by atoms with E-state index in [9.17, 15) is 0 Å². The lowest BCUT2D eigenvalue weighted by Crippen LogP contribution is -2.01. The molecule has 0 spiro atoms. The number of rotatable bonds is 9. The van der Waals surface area contributed by atoms with E-state index < -0.39 is 0 Å². The van der Waals surface area contributed by atoms with Gasteiger partial charge in [-0.3, -0.25) is 0 Å². The van der Waals surface area contributed by atoms with Crippen LogP contribution in [0.1, 0.15) is 35.1 Å². The third kappa shape index (κ3) is 6.07. The second-order valence-corrected chi connectivity index (χ2v) is 9.48. The zero-order valence-corrected chi connectivity index (χ0v) is 21.4. The summed E-state index contributed by atoms with van der Waals surface area (Å²) in [4.78, 5) is 0. The predicted octanol–water partition coefficient (Wildman–Crippen LogP) is 10.1. The van der Waals surface area contributed by atoms with Crippen molar-refractivity contribution in [1.82, 2.24) is 0 Å². The summed E-state index contributed by atoms with van der Waals surface area (Å²) in [5.41, 5.74) is 9.65. The Labute approximate surface area is 217 Å². The van der Waals surface area contributed by atoms with Gasteiger partial charge in [0.25, 0.3) is 0 Å². The first-order valence-corrected chi connectivity index (χ1v) is 12.6. The minimum atomic E-state index is 0.709. The molecule has 0 aliphatic rings. The average molecular weight is 518 g/mol. The molecule has 4 aromatic rings. The van der Waals surface area contributed by atoms with Gasteiger partial charge < -0.3 is 0 Å². The molecule has 0 saturated carbocycles. The van der Waals surface area contributed by atoms with E-state index in [0.717, 1.165) is 10.9 Å². The molecule has 0 amide bonds. The lowest BCUT2D eigenvalue weighted by atomic mass is 9.80. The number of hydrogen-bond acceptors (Lipinski definition) is 0. The maximum Gasteiger partial charge on any atom is 0.00470 e. The fraction of sp³-hybridized carbons (Fsp3) is 0.0588. The zero-order chi connectivity index (χ0) is 24.5. The van der Waals surface area contributed by atoms with Crippen molar-refractivity contribution in [2.24, 2.45) is 0 Å². The first-order chi connectivity index (χ1) is 17.2. The first-order valence-electron chi connectivity index (χ1n) is 11.8. The van der Waals surface area contributed by atoms with Crippen LogP contribution in [-0.4, -0.2) is 0 Å². The smallest absolute Gasteiger partial charge is 0.00470 e. The van der Waals surface area contributed by atoms with Gasteiger partial charge in [0.05, 0.1) is 0 Å². The molecule has 172 valence electrons. The van der Waals surface area contributed by atoms with Crippen LogP contribution in [0.25, 0.3) is 22.3 Å². The van der Waals surface area contributed by atoms with Gasteiger partial charge in [0.1, 0.15) is 0 Å².